The van der Waals surface area contributed by atoms with Crippen LogP contribution in [0.4, 0.5) is 5.00 Å². The van der Waals surface area contributed by atoms with Crippen LogP contribution in [0.15, 0.2) is 29.4 Å². The van der Waals surface area contributed by atoms with E-state index in [2.05, 4.69) is 20.8 Å². The standard InChI is InChI=1S/C26H31N5O4S2/c1-5-35-25(34)21-18-11-6-7-12-19(18)37-24(21)28-22(32)16(3)36-26-30-29-20(31(26)4)14-27-23(33)17-10-8-9-15(2)13-17/h8-10,13,16H,5-7,11-12,14H2,1-4H3,(H,27,33)(H,28,32)/t16-/m0/s1. The van der Waals surface area contributed by atoms with Crippen molar-refractivity contribution < 1.29 is 19.1 Å². The first-order chi connectivity index (χ1) is 17.8. The number of benzene rings is 1. The Morgan fingerprint density at radius 2 is 2.00 bits per heavy atom. The number of esters is 1. The van der Waals surface area contributed by atoms with Crippen LogP contribution in [0.3, 0.4) is 0 Å². The Hall–Kier alpha value is -3.18. The molecule has 2 N–H and O–H groups in total. The summed E-state index contributed by atoms with van der Waals surface area (Å²) in [6.07, 6.45) is 3.84. The summed E-state index contributed by atoms with van der Waals surface area (Å²) in [5, 5.41) is 14.8. The van der Waals surface area contributed by atoms with Gasteiger partial charge in [-0.3, -0.25) is 9.59 Å². The van der Waals surface area contributed by atoms with Crippen LogP contribution in [0.2, 0.25) is 0 Å². The molecular weight excluding hydrogens is 510 g/mol. The molecule has 4 rings (SSSR count). The Morgan fingerprint density at radius 1 is 1.22 bits per heavy atom. The van der Waals surface area contributed by atoms with Crippen LogP contribution in [0.1, 0.15) is 69.2 Å². The highest BCUT2D eigenvalue weighted by atomic mass is 32.2. The van der Waals surface area contributed by atoms with Crippen LogP contribution in [0.5, 0.6) is 0 Å². The molecule has 2 heterocycles. The minimum Gasteiger partial charge on any atom is -0.462 e. The number of aryl methyl sites for hydroxylation is 2. The second-order valence-electron chi connectivity index (χ2n) is 8.89. The van der Waals surface area contributed by atoms with E-state index in [4.69, 9.17) is 4.74 Å². The molecule has 2 amide bonds. The normalized spacial score (nSPS) is 13.5. The molecule has 37 heavy (non-hydrogen) atoms. The molecule has 9 nitrogen and oxygen atoms in total. The number of thioether (sulfide) groups is 1. The lowest BCUT2D eigenvalue weighted by molar-refractivity contribution is -0.115. The third kappa shape index (κ3) is 6.22. The maximum absolute atomic E-state index is 13.1. The molecule has 1 aliphatic carbocycles. The average Bonchev–Trinajstić information content (AvgIpc) is 3.42. The van der Waals surface area contributed by atoms with Crippen LogP contribution >= 0.6 is 23.1 Å². The predicted octanol–water partition coefficient (Wildman–Crippen LogP) is 4.29. The zero-order chi connectivity index (χ0) is 26.5. The van der Waals surface area contributed by atoms with Gasteiger partial charge in [0.15, 0.2) is 11.0 Å². The number of hydrogen-bond donors (Lipinski definition) is 2. The smallest absolute Gasteiger partial charge is 0.341 e. The van der Waals surface area contributed by atoms with E-state index in [-0.39, 0.29) is 30.9 Å². The number of aromatic nitrogens is 3. The Morgan fingerprint density at radius 3 is 2.76 bits per heavy atom. The summed E-state index contributed by atoms with van der Waals surface area (Å²) >= 11 is 2.73. The minimum absolute atomic E-state index is 0.190. The second kappa shape index (κ2) is 11.9. The molecular formula is C26H31N5O4S2. The SMILES string of the molecule is CCOC(=O)c1c(NC(=O)[C@H](C)Sc2nnc(CNC(=O)c3cccc(C)c3)n2C)sc2c1CCCC2. The quantitative estimate of drug-likeness (QED) is 0.307. The van der Waals surface area contributed by atoms with Crippen molar-refractivity contribution >= 4 is 45.9 Å². The van der Waals surface area contributed by atoms with Crippen molar-refractivity contribution in [2.75, 3.05) is 11.9 Å². The monoisotopic (exact) mass is 541 g/mol. The number of carbonyl (C=O) groups excluding carboxylic acids is 3. The van der Waals surface area contributed by atoms with E-state index in [1.54, 1.807) is 31.5 Å². The molecule has 0 radical (unpaired) electrons. The Kier molecular flexibility index (Phi) is 8.65. The lowest BCUT2D eigenvalue weighted by Gasteiger charge is -2.13. The summed E-state index contributed by atoms with van der Waals surface area (Å²) in [6.45, 7) is 5.98. The van der Waals surface area contributed by atoms with Crippen LogP contribution in [0.25, 0.3) is 0 Å². The molecule has 0 bridgehead atoms. The van der Waals surface area contributed by atoms with E-state index in [1.165, 1.54) is 23.1 Å². The Labute approximate surface area is 224 Å². The van der Waals surface area contributed by atoms with Crippen molar-refractivity contribution in [3.63, 3.8) is 0 Å². The van der Waals surface area contributed by atoms with Crippen LogP contribution < -0.4 is 10.6 Å². The maximum Gasteiger partial charge on any atom is 0.341 e. The molecule has 0 spiro atoms. The molecule has 1 aromatic carbocycles. The van der Waals surface area contributed by atoms with E-state index in [0.717, 1.165) is 41.7 Å². The molecule has 11 heteroatoms. The Bertz CT molecular complexity index is 1320. The van der Waals surface area contributed by atoms with Crippen molar-refractivity contribution in [2.24, 2.45) is 7.05 Å². The van der Waals surface area contributed by atoms with Gasteiger partial charge in [-0.15, -0.1) is 21.5 Å². The lowest BCUT2D eigenvalue weighted by atomic mass is 9.95. The number of fused-ring (bicyclic) bond motifs is 1. The molecule has 0 saturated carbocycles. The largest absolute Gasteiger partial charge is 0.462 e. The van der Waals surface area contributed by atoms with E-state index in [0.29, 0.717) is 27.1 Å². The number of hydrogen-bond acceptors (Lipinski definition) is 8. The summed E-state index contributed by atoms with van der Waals surface area (Å²) in [4.78, 5) is 39.4. The summed E-state index contributed by atoms with van der Waals surface area (Å²) in [5.74, 6) is -0.231. The van der Waals surface area contributed by atoms with Crippen molar-refractivity contribution in [3.8, 4) is 0 Å². The van der Waals surface area contributed by atoms with Gasteiger partial charge in [-0.25, -0.2) is 4.79 Å². The van der Waals surface area contributed by atoms with Gasteiger partial charge in [0, 0.05) is 17.5 Å². The lowest BCUT2D eigenvalue weighted by Crippen LogP contribution is -2.25. The van der Waals surface area contributed by atoms with Gasteiger partial charge in [-0.2, -0.15) is 0 Å². The van der Waals surface area contributed by atoms with Crippen molar-refractivity contribution in [1.29, 1.82) is 0 Å². The van der Waals surface area contributed by atoms with E-state index >= 15 is 0 Å². The van der Waals surface area contributed by atoms with Gasteiger partial charge < -0.3 is 19.9 Å². The Balaban J connectivity index is 1.40. The van der Waals surface area contributed by atoms with Gasteiger partial charge in [0.1, 0.15) is 5.00 Å². The van der Waals surface area contributed by atoms with Crippen molar-refractivity contribution in [3.05, 3.63) is 57.2 Å². The zero-order valence-electron chi connectivity index (χ0n) is 21.4. The summed E-state index contributed by atoms with van der Waals surface area (Å²) in [6, 6.07) is 7.36. The fourth-order valence-electron chi connectivity index (χ4n) is 4.15. The summed E-state index contributed by atoms with van der Waals surface area (Å²) in [5.41, 5.74) is 3.10. The first-order valence-electron chi connectivity index (χ1n) is 12.3. The van der Waals surface area contributed by atoms with Gasteiger partial charge >= 0.3 is 5.97 Å². The van der Waals surface area contributed by atoms with E-state index in [9.17, 15) is 14.4 Å². The molecule has 1 aliphatic rings. The van der Waals surface area contributed by atoms with Crippen molar-refractivity contribution in [1.82, 2.24) is 20.1 Å². The third-order valence-corrected chi connectivity index (χ3v) is 8.49. The molecule has 0 aliphatic heterocycles. The van der Waals surface area contributed by atoms with Crippen LogP contribution in [0, 0.1) is 6.92 Å². The number of rotatable bonds is 9. The third-order valence-electron chi connectivity index (χ3n) is 6.15. The number of nitrogens with zero attached hydrogens (tertiary/aromatic N) is 3. The average molecular weight is 542 g/mol. The number of thiophene rings is 1. The second-order valence-corrected chi connectivity index (χ2v) is 11.3. The number of anilines is 1. The van der Waals surface area contributed by atoms with Crippen LogP contribution in [-0.4, -0.2) is 44.4 Å². The zero-order valence-corrected chi connectivity index (χ0v) is 23.1. The summed E-state index contributed by atoms with van der Waals surface area (Å²) < 4.78 is 7.05. The topological polar surface area (TPSA) is 115 Å². The molecule has 1 atom stereocenters. The fraction of sp³-hybridized carbons (Fsp3) is 0.423. The highest BCUT2D eigenvalue weighted by Crippen LogP contribution is 2.39. The van der Waals surface area contributed by atoms with E-state index in [1.807, 2.05) is 25.1 Å². The molecule has 3 aromatic rings. The maximum atomic E-state index is 13.1. The number of nitrogens with one attached hydrogen (secondary N) is 2. The highest BCUT2D eigenvalue weighted by Gasteiger charge is 2.28. The molecule has 2 aromatic heterocycles. The van der Waals surface area contributed by atoms with Crippen molar-refractivity contribution in [2.45, 2.75) is 63.4 Å². The van der Waals surface area contributed by atoms with Crippen LogP contribution in [-0.2, 0) is 36.0 Å². The van der Waals surface area contributed by atoms with Gasteiger partial charge in [0.25, 0.3) is 5.91 Å². The highest BCUT2D eigenvalue weighted by molar-refractivity contribution is 8.00. The first kappa shape index (κ1) is 26.9. The number of amides is 2. The number of carbonyl (C=O) groups is 3. The van der Waals surface area contributed by atoms with Gasteiger partial charge in [0.05, 0.1) is 24.0 Å². The molecule has 0 fully saturated rings. The molecule has 0 saturated heterocycles. The molecule has 196 valence electrons. The van der Waals surface area contributed by atoms with E-state index < -0.39 is 5.25 Å². The number of ether oxygens (including phenoxy) is 1. The van der Waals surface area contributed by atoms with Gasteiger partial charge in [-0.05, 0) is 64.2 Å². The summed E-state index contributed by atoms with van der Waals surface area (Å²) in [7, 11) is 1.80. The first-order valence-corrected chi connectivity index (χ1v) is 14.0. The minimum atomic E-state index is -0.494. The van der Waals surface area contributed by atoms with Gasteiger partial charge in [0.2, 0.25) is 5.91 Å². The predicted molar refractivity (Wildman–Crippen MR) is 144 cm³/mol. The van der Waals surface area contributed by atoms with Gasteiger partial charge in [-0.1, -0.05) is 29.5 Å². The molecule has 0 unspecified atom stereocenters. The fourth-order valence-corrected chi connectivity index (χ4v) is 6.26.